The molecule has 0 bridgehead atoms. The molecule has 0 heterocycles. The molecule has 0 saturated carbocycles. The van der Waals surface area contributed by atoms with Gasteiger partial charge >= 0.3 is 5.97 Å². The molecule has 0 aliphatic carbocycles. The third-order valence-electron chi connectivity index (χ3n) is 10.9. The van der Waals surface area contributed by atoms with Crippen LogP contribution in [0.1, 0.15) is 239 Å². The summed E-state index contributed by atoms with van der Waals surface area (Å²) in [6.07, 6.45) is 53.1. The zero-order valence-corrected chi connectivity index (χ0v) is 37.7. The fraction of sp³-hybridized carbons (Fsp3) is 0.804. The molecule has 57 heavy (non-hydrogen) atoms. The van der Waals surface area contributed by atoms with Crippen molar-refractivity contribution in [2.45, 2.75) is 257 Å². The number of rotatable bonds is 43. The van der Waals surface area contributed by atoms with Crippen LogP contribution in [-0.2, 0) is 14.3 Å². The van der Waals surface area contributed by atoms with E-state index in [0.717, 1.165) is 83.5 Å². The largest absolute Gasteiger partial charge is 0.462 e. The van der Waals surface area contributed by atoms with Gasteiger partial charge in [-0.15, -0.1) is 0 Å². The summed E-state index contributed by atoms with van der Waals surface area (Å²) >= 11 is 0. The lowest BCUT2D eigenvalue weighted by molar-refractivity contribution is -0.151. The SMILES string of the molecule is CC/C=C/C/C=C/C/C=C/CCCCC(CC(=O)NC(CO)C(O)CCCCCCCCCCCCCCCC)OC(=O)CCCCCCC/C=C\CCCCC. The van der Waals surface area contributed by atoms with Crippen LogP contribution in [0.25, 0.3) is 0 Å². The van der Waals surface area contributed by atoms with Crippen molar-refractivity contribution in [3.8, 4) is 0 Å². The summed E-state index contributed by atoms with van der Waals surface area (Å²) in [6, 6.07) is -0.714. The molecule has 0 aromatic heterocycles. The molecule has 3 N–H and O–H groups in total. The fourth-order valence-corrected chi connectivity index (χ4v) is 7.20. The maximum atomic E-state index is 13.2. The predicted molar refractivity (Wildman–Crippen MR) is 245 cm³/mol. The Bertz CT molecular complexity index is 988. The number of esters is 1. The minimum absolute atomic E-state index is 0.0485. The molecule has 3 atom stereocenters. The van der Waals surface area contributed by atoms with Crippen molar-refractivity contribution < 1.29 is 24.5 Å². The standard InChI is InChI=1S/C51H93NO5/c1-4-7-10-13-16-19-22-25-26-28-31-34-37-40-43-49(54)48(46-53)52-50(55)45-47(42-39-36-33-30-27-23-20-17-14-11-8-5-2)57-51(56)44-41-38-35-32-29-24-21-18-15-12-9-6-3/h8,11,17-18,20-21,27,30,47-49,53-54H,4-7,9-10,12-16,19,22-26,28-29,31-46H2,1-3H3,(H,52,55)/b11-8+,20-17+,21-18-,30-27+. The van der Waals surface area contributed by atoms with E-state index in [1.807, 2.05) is 0 Å². The topological polar surface area (TPSA) is 95.9 Å². The van der Waals surface area contributed by atoms with Gasteiger partial charge in [0.1, 0.15) is 6.10 Å². The van der Waals surface area contributed by atoms with E-state index in [9.17, 15) is 19.8 Å². The molecule has 0 fully saturated rings. The second kappa shape index (κ2) is 44.9. The zero-order valence-electron chi connectivity index (χ0n) is 37.7. The number of unbranched alkanes of at least 4 members (excludes halogenated alkanes) is 23. The molecule has 0 spiro atoms. The highest BCUT2D eigenvalue weighted by molar-refractivity contribution is 5.77. The van der Waals surface area contributed by atoms with Crippen LogP contribution in [-0.4, -0.2) is 46.9 Å². The van der Waals surface area contributed by atoms with E-state index in [0.29, 0.717) is 19.3 Å². The van der Waals surface area contributed by atoms with Crippen LogP contribution < -0.4 is 5.32 Å². The van der Waals surface area contributed by atoms with E-state index in [4.69, 9.17) is 4.74 Å². The highest BCUT2D eigenvalue weighted by atomic mass is 16.5. The molecular formula is C51H93NO5. The van der Waals surface area contributed by atoms with Crippen LogP contribution in [0, 0.1) is 0 Å². The van der Waals surface area contributed by atoms with Crippen LogP contribution in [0.2, 0.25) is 0 Å². The number of allylic oxidation sites excluding steroid dienone is 8. The van der Waals surface area contributed by atoms with E-state index < -0.39 is 18.2 Å². The highest BCUT2D eigenvalue weighted by Gasteiger charge is 2.24. The molecule has 6 nitrogen and oxygen atoms in total. The van der Waals surface area contributed by atoms with Gasteiger partial charge in [-0.05, 0) is 83.5 Å². The van der Waals surface area contributed by atoms with Crippen LogP contribution >= 0.6 is 0 Å². The van der Waals surface area contributed by atoms with E-state index in [2.05, 4.69) is 74.7 Å². The van der Waals surface area contributed by atoms with E-state index >= 15 is 0 Å². The average molecular weight is 800 g/mol. The smallest absolute Gasteiger partial charge is 0.306 e. The molecule has 0 rings (SSSR count). The van der Waals surface area contributed by atoms with Gasteiger partial charge in [-0.3, -0.25) is 9.59 Å². The number of carbonyl (C=O) groups is 2. The molecule has 0 aromatic rings. The molecule has 0 saturated heterocycles. The summed E-state index contributed by atoms with van der Waals surface area (Å²) in [5.41, 5.74) is 0. The van der Waals surface area contributed by atoms with Gasteiger partial charge in [0, 0.05) is 6.42 Å². The van der Waals surface area contributed by atoms with Gasteiger partial charge in [-0.2, -0.15) is 0 Å². The van der Waals surface area contributed by atoms with E-state index in [-0.39, 0.29) is 24.9 Å². The average Bonchev–Trinajstić information content (AvgIpc) is 3.20. The lowest BCUT2D eigenvalue weighted by atomic mass is 10.0. The summed E-state index contributed by atoms with van der Waals surface area (Å²) < 4.78 is 5.89. The Kier molecular flexibility index (Phi) is 43.2. The minimum Gasteiger partial charge on any atom is -0.462 e. The second-order valence-electron chi connectivity index (χ2n) is 16.5. The number of nitrogens with one attached hydrogen (secondary N) is 1. The summed E-state index contributed by atoms with van der Waals surface area (Å²) in [5.74, 6) is -0.522. The lowest BCUT2D eigenvalue weighted by Gasteiger charge is -2.24. The van der Waals surface area contributed by atoms with Crippen molar-refractivity contribution in [3.05, 3.63) is 48.6 Å². The maximum Gasteiger partial charge on any atom is 0.306 e. The number of ether oxygens (including phenoxy) is 1. The summed E-state index contributed by atoms with van der Waals surface area (Å²) in [4.78, 5) is 26.0. The Morgan fingerprint density at radius 3 is 1.51 bits per heavy atom. The van der Waals surface area contributed by atoms with Gasteiger partial charge in [0.05, 0.1) is 25.2 Å². The van der Waals surface area contributed by atoms with Gasteiger partial charge in [0.15, 0.2) is 0 Å². The molecule has 332 valence electrons. The number of aliphatic hydroxyl groups excluding tert-OH is 2. The Morgan fingerprint density at radius 1 is 0.526 bits per heavy atom. The maximum absolute atomic E-state index is 13.2. The minimum atomic E-state index is -0.798. The Labute approximate surface area is 353 Å². The quantitative estimate of drug-likeness (QED) is 0.0324. The first kappa shape index (κ1) is 54.8. The van der Waals surface area contributed by atoms with Gasteiger partial charge in [-0.1, -0.05) is 191 Å². The van der Waals surface area contributed by atoms with Crippen molar-refractivity contribution in [2.24, 2.45) is 0 Å². The van der Waals surface area contributed by atoms with Crippen LogP contribution in [0.3, 0.4) is 0 Å². The first-order chi connectivity index (χ1) is 28.0. The predicted octanol–water partition coefficient (Wildman–Crippen LogP) is 14.3. The molecule has 1 amide bonds. The number of hydrogen-bond donors (Lipinski definition) is 3. The number of carbonyl (C=O) groups excluding carboxylic acids is 2. The number of amides is 1. The van der Waals surface area contributed by atoms with Crippen molar-refractivity contribution in [2.75, 3.05) is 6.61 Å². The van der Waals surface area contributed by atoms with Gasteiger partial charge in [0.25, 0.3) is 0 Å². The third kappa shape index (κ3) is 40.4. The third-order valence-corrected chi connectivity index (χ3v) is 10.9. The summed E-state index contributed by atoms with van der Waals surface area (Å²) in [7, 11) is 0. The summed E-state index contributed by atoms with van der Waals surface area (Å²) in [5, 5.41) is 23.7. The van der Waals surface area contributed by atoms with E-state index in [1.54, 1.807) is 0 Å². The first-order valence-electron chi connectivity index (χ1n) is 24.4. The number of aliphatic hydroxyl groups is 2. The Balaban J connectivity index is 4.61. The van der Waals surface area contributed by atoms with Gasteiger partial charge in [0.2, 0.25) is 5.91 Å². The van der Waals surface area contributed by atoms with Crippen molar-refractivity contribution in [3.63, 3.8) is 0 Å². The first-order valence-corrected chi connectivity index (χ1v) is 24.4. The van der Waals surface area contributed by atoms with E-state index in [1.165, 1.54) is 109 Å². The molecule has 3 unspecified atom stereocenters. The van der Waals surface area contributed by atoms with Crippen LogP contribution in [0.4, 0.5) is 0 Å². The Morgan fingerprint density at radius 2 is 0.947 bits per heavy atom. The summed E-state index contributed by atoms with van der Waals surface area (Å²) in [6.45, 7) is 6.33. The second-order valence-corrected chi connectivity index (χ2v) is 16.5. The molecule has 0 aromatic carbocycles. The molecule has 0 radical (unpaired) electrons. The van der Waals surface area contributed by atoms with Crippen molar-refractivity contribution >= 4 is 11.9 Å². The van der Waals surface area contributed by atoms with Crippen LogP contribution in [0.5, 0.6) is 0 Å². The van der Waals surface area contributed by atoms with Crippen molar-refractivity contribution in [1.82, 2.24) is 5.32 Å². The molecule has 0 aliphatic heterocycles. The molecule has 6 heteroatoms. The van der Waals surface area contributed by atoms with Crippen molar-refractivity contribution in [1.29, 1.82) is 0 Å². The van der Waals surface area contributed by atoms with Gasteiger partial charge < -0.3 is 20.3 Å². The zero-order chi connectivity index (χ0) is 41.7. The number of hydrogen-bond acceptors (Lipinski definition) is 5. The highest BCUT2D eigenvalue weighted by Crippen LogP contribution is 2.17. The Hall–Kier alpha value is -2.18. The molecular weight excluding hydrogens is 707 g/mol. The lowest BCUT2D eigenvalue weighted by Crippen LogP contribution is -2.46. The molecule has 0 aliphatic rings. The normalized spacial score (nSPS) is 13.7. The monoisotopic (exact) mass is 800 g/mol. The fourth-order valence-electron chi connectivity index (χ4n) is 7.20. The van der Waals surface area contributed by atoms with Gasteiger partial charge in [-0.25, -0.2) is 0 Å². The van der Waals surface area contributed by atoms with Crippen LogP contribution in [0.15, 0.2) is 48.6 Å².